The summed E-state index contributed by atoms with van der Waals surface area (Å²) < 4.78 is 0. The summed E-state index contributed by atoms with van der Waals surface area (Å²) in [5.74, 6) is 1.27. The maximum Gasteiger partial charge on any atom is 0.311 e. The molecule has 1 aliphatic carbocycles. The van der Waals surface area contributed by atoms with Gasteiger partial charge in [-0.3, -0.25) is 10.1 Å². The topological polar surface area (TPSA) is 85.3 Å². The van der Waals surface area contributed by atoms with Gasteiger partial charge in [0.15, 0.2) is 0 Å². The summed E-state index contributed by atoms with van der Waals surface area (Å²) >= 11 is 0. The Morgan fingerprint density at radius 1 is 1.45 bits per heavy atom. The number of pyridine rings is 1. The van der Waals surface area contributed by atoms with Crippen LogP contribution in [0.3, 0.4) is 0 Å². The summed E-state index contributed by atoms with van der Waals surface area (Å²) in [4.78, 5) is 16.8. The average Bonchev–Trinajstić information content (AvgIpc) is 2.88. The van der Waals surface area contributed by atoms with Gasteiger partial charge >= 0.3 is 5.69 Å². The normalized spacial score (nSPS) is 15.8. The lowest BCUT2D eigenvalue weighted by Gasteiger charge is -2.31. The quantitative estimate of drug-likeness (QED) is 0.661. The van der Waals surface area contributed by atoms with Crippen LogP contribution in [-0.4, -0.2) is 22.5 Å². The van der Waals surface area contributed by atoms with Gasteiger partial charge in [0.25, 0.3) is 0 Å². The van der Waals surface area contributed by atoms with Gasteiger partial charge in [-0.05, 0) is 24.8 Å². The third-order valence-corrected chi connectivity index (χ3v) is 3.71. The molecule has 0 aliphatic heterocycles. The van der Waals surface area contributed by atoms with Crippen molar-refractivity contribution in [1.29, 1.82) is 0 Å². The molecule has 1 aromatic rings. The lowest BCUT2D eigenvalue weighted by molar-refractivity contribution is -0.384. The minimum Gasteiger partial charge on any atom is -0.378 e. The molecule has 0 unspecified atom stereocenters. The summed E-state index contributed by atoms with van der Waals surface area (Å²) in [6, 6.07) is 3.65. The van der Waals surface area contributed by atoms with E-state index in [9.17, 15) is 10.1 Å². The fourth-order valence-electron chi connectivity index (χ4n) is 2.81. The molecule has 0 saturated heterocycles. The number of hydrogen-bond acceptors (Lipinski definition) is 5. The van der Waals surface area contributed by atoms with Crippen molar-refractivity contribution in [3.05, 3.63) is 22.2 Å². The van der Waals surface area contributed by atoms with Crippen molar-refractivity contribution >= 4 is 17.3 Å². The highest BCUT2D eigenvalue weighted by molar-refractivity contribution is 5.58. The maximum absolute atomic E-state index is 10.8. The first-order valence-electron chi connectivity index (χ1n) is 7.16. The molecule has 0 atom stereocenters. The molecule has 1 saturated carbocycles. The van der Waals surface area contributed by atoms with Crippen molar-refractivity contribution in [1.82, 2.24) is 4.98 Å². The predicted molar refractivity (Wildman–Crippen MR) is 79.7 cm³/mol. The number of rotatable bonds is 5. The average molecular weight is 278 g/mol. The molecule has 1 aliphatic rings. The number of nitrogen functional groups attached to an aromatic ring is 1. The van der Waals surface area contributed by atoms with Gasteiger partial charge in [-0.1, -0.05) is 26.7 Å². The van der Waals surface area contributed by atoms with Crippen LogP contribution >= 0.6 is 0 Å². The molecule has 2 rings (SSSR count). The van der Waals surface area contributed by atoms with E-state index in [1.54, 1.807) is 6.07 Å². The van der Waals surface area contributed by atoms with E-state index < -0.39 is 4.92 Å². The molecular weight excluding hydrogens is 256 g/mol. The van der Waals surface area contributed by atoms with Crippen molar-refractivity contribution < 1.29 is 4.92 Å². The Morgan fingerprint density at radius 2 is 2.10 bits per heavy atom. The van der Waals surface area contributed by atoms with Crippen molar-refractivity contribution in [3.8, 4) is 0 Å². The van der Waals surface area contributed by atoms with Gasteiger partial charge in [-0.2, -0.15) is 0 Å². The summed E-state index contributed by atoms with van der Waals surface area (Å²) in [6.07, 6.45) is 4.79. The molecule has 1 heterocycles. The predicted octanol–water partition coefficient (Wildman–Crippen LogP) is 2.98. The maximum atomic E-state index is 10.8. The smallest absolute Gasteiger partial charge is 0.311 e. The summed E-state index contributed by atoms with van der Waals surface area (Å²) in [5.41, 5.74) is 5.59. The number of nitrogens with zero attached hydrogens (tertiary/aromatic N) is 3. The van der Waals surface area contributed by atoms with E-state index in [-0.39, 0.29) is 11.5 Å². The van der Waals surface area contributed by atoms with Crippen molar-refractivity contribution in [2.45, 2.75) is 45.6 Å². The minimum atomic E-state index is -0.492. The molecule has 1 fully saturated rings. The van der Waals surface area contributed by atoms with Gasteiger partial charge < -0.3 is 10.6 Å². The Balaban J connectivity index is 2.28. The zero-order valence-electron chi connectivity index (χ0n) is 12.1. The second-order valence-electron chi connectivity index (χ2n) is 5.82. The molecule has 6 nitrogen and oxygen atoms in total. The molecule has 2 N–H and O–H groups in total. The van der Waals surface area contributed by atoms with Gasteiger partial charge in [-0.15, -0.1) is 0 Å². The van der Waals surface area contributed by atoms with Crippen LogP contribution in [-0.2, 0) is 0 Å². The fourth-order valence-corrected chi connectivity index (χ4v) is 2.81. The highest BCUT2D eigenvalue weighted by Gasteiger charge is 2.25. The standard InChI is InChI=1S/C14H22N4O2/c1-10(2)9-17(11-5-3-4-6-11)13-8-7-12(18(19)20)14(15)16-13/h7-8,10-11H,3-6,9H2,1-2H3,(H2,15,16). The number of nitro groups is 1. The molecular formula is C14H22N4O2. The highest BCUT2D eigenvalue weighted by atomic mass is 16.6. The number of hydrogen-bond donors (Lipinski definition) is 1. The SMILES string of the molecule is CC(C)CN(c1ccc([N+](=O)[O-])c(N)n1)C1CCCC1. The monoisotopic (exact) mass is 278 g/mol. The first-order valence-corrected chi connectivity index (χ1v) is 7.16. The van der Waals surface area contributed by atoms with Crippen LogP contribution in [0.1, 0.15) is 39.5 Å². The number of aromatic nitrogens is 1. The van der Waals surface area contributed by atoms with Crippen LogP contribution < -0.4 is 10.6 Å². The summed E-state index contributed by atoms with van der Waals surface area (Å²) in [7, 11) is 0. The molecule has 0 aromatic carbocycles. The van der Waals surface area contributed by atoms with Crippen LogP contribution in [0.4, 0.5) is 17.3 Å². The molecule has 0 radical (unpaired) electrons. The lowest BCUT2D eigenvalue weighted by Crippen LogP contribution is -2.37. The molecule has 1 aromatic heterocycles. The van der Waals surface area contributed by atoms with E-state index in [0.717, 1.165) is 25.2 Å². The lowest BCUT2D eigenvalue weighted by atomic mass is 10.1. The molecule has 0 bridgehead atoms. The van der Waals surface area contributed by atoms with Crippen molar-refractivity contribution in [2.24, 2.45) is 5.92 Å². The Kier molecular flexibility index (Phi) is 4.42. The van der Waals surface area contributed by atoms with Crippen LogP contribution in [0.25, 0.3) is 0 Å². The highest BCUT2D eigenvalue weighted by Crippen LogP contribution is 2.30. The van der Waals surface area contributed by atoms with Crippen molar-refractivity contribution in [3.63, 3.8) is 0 Å². The molecule has 0 spiro atoms. The van der Waals surface area contributed by atoms with Crippen LogP contribution in [0, 0.1) is 16.0 Å². The van der Waals surface area contributed by atoms with E-state index >= 15 is 0 Å². The molecule has 20 heavy (non-hydrogen) atoms. The molecule has 110 valence electrons. The van der Waals surface area contributed by atoms with E-state index in [0.29, 0.717) is 12.0 Å². The van der Waals surface area contributed by atoms with Gasteiger partial charge in [0, 0.05) is 18.7 Å². The van der Waals surface area contributed by atoms with Gasteiger partial charge in [0.2, 0.25) is 5.82 Å². The third kappa shape index (κ3) is 3.18. The summed E-state index contributed by atoms with van der Waals surface area (Å²) in [5, 5.41) is 10.8. The zero-order chi connectivity index (χ0) is 14.7. The first-order chi connectivity index (χ1) is 9.49. The van der Waals surface area contributed by atoms with Crippen LogP contribution in [0.2, 0.25) is 0 Å². The Bertz CT molecular complexity index is 484. The van der Waals surface area contributed by atoms with E-state index in [4.69, 9.17) is 5.73 Å². The Morgan fingerprint density at radius 3 is 2.60 bits per heavy atom. The second kappa shape index (κ2) is 6.07. The van der Waals surface area contributed by atoms with E-state index in [1.807, 2.05) is 0 Å². The fraction of sp³-hybridized carbons (Fsp3) is 0.643. The second-order valence-corrected chi connectivity index (χ2v) is 5.82. The van der Waals surface area contributed by atoms with Gasteiger partial charge in [-0.25, -0.2) is 4.98 Å². The van der Waals surface area contributed by atoms with Crippen LogP contribution in [0.15, 0.2) is 12.1 Å². The first kappa shape index (κ1) is 14.6. The van der Waals surface area contributed by atoms with Crippen molar-refractivity contribution in [2.75, 3.05) is 17.2 Å². The van der Waals surface area contributed by atoms with Gasteiger partial charge in [0.1, 0.15) is 5.82 Å². The van der Waals surface area contributed by atoms with E-state index in [1.165, 1.54) is 18.9 Å². The number of nitrogens with two attached hydrogens (primary N) is 1. The minimum absolute atomic E-state index is 0.000692. The molecule has 6 heteroatoms. The third-order valence-electron chi connectivity index (χ3n) is 3.71. The number of anilines is 2. The van der Waals surface area contributed by atoms with Gasteiger partial charge in [0.05, 0.1) is 4.92 Å². The van der Waals surface area contributed by atoms with Crippen LogP contribution in [0.5, 0.6) is 0 Å². The zero-order valence-corrected chi connectivity index (χ0v) is 12.1. The largest absolute Gasteiger partial charge is 0.378 e. The summed E-state index contributed by atoms with van der Waals surface area (Å²) in [6.45, 7) is 5.22. The Labute approximate surface area is 119 Å². The molecule has 0 amide bonds. The Hall–Kier alpha value is -1.85. The van der Waals surface area contributed by atoms with E-state index in [2.05, 4.69) is 23.7 Å².